The predicted octanol–water partition coefficient (Wildman–Crippen LogP) is 3.57. The molecule has 0 saturated heterocycles. The molecule has 0 aliphatic carbocycles. The minimum atomic E-state index is -0.243. The third kappa shape index (κ3) is 5.49. The molecule has 0 fully saturated rings. The van der Waals surface area contributed by atoms with Crippen LogP contribution in [0.5, 0.6) is 0 Å². The fraction of sp³-hybridized carbons (Fsp3) is 0.300. The Balaban J connectivity index is 1.96. The Labute approximate surface area is 159 Å². The summed E-state index contributed by atoms with van der Waals surface area (Å²) in [6.45, 7) is 4.43. The fourth-order valence-corrected chi connectivity index (χ4v) is 2.72. The maximum atomic E-state index is 12.6. The van der Waals surface area contributed by atoms with Crippen LogP contribution >= 0.6 is 11.6 Å². The Morgan fingerprint density at radius 2 is 1.77 bits per heavy atom. The normalized spacial score (nSPS) is 10.3. The van der Waals surface area contributed by atoms with Gasteiger partial charge in [-0.25, -0.2) is 0 Å². The average Bonchev–Trinajstić information content (AvgIpc) is 2.63. The molecule has 0 aliphatic rings. The zero-order valence-corrected chi connectivity index (χ0v) is 16.1. The van der Waals surface area contributed by atoms with Crippen molar-refractivity contribution in [3.8, 4) is 0 Å². The molecule has 2 amide bonds. The van der Waals surface area contributed by atoms with E-state index in [1.54, 1.807) is 12.1 Å². The van der Waals surface area contributed by atoms with Crippen molar-refractivity contribution in [2.45, 2.75) is 13.8 Å². The Bertz CT molecular complexity index is 765. The largest absolute Gasteiger partial charge is 0.365 e. The summed E-state index contributed by atoms with van der Waals surface area (Å²) in [6, 6.07) is 15.0. The molecule has 138 valence electrons. The number of carbonyl (C=O) groups is 2. The van der Waals surface area contributed by atoms with Crippen LogP contribution in [0.2, 0.25) is 5.02 Å². The van der Waals surface area contributed by atoms with E-state index in [1.165, 1.54) is 4.90 Å². The lowest BCUT2D eigenvalue weighted by molar-refractivity contribution is -0.133. The lowest BCUT2D eigenvalue weighted by Gasteiger charge is -2.25. The molecule has 2 aromatic rings. The summed E-state index contributed by atoms with van der Waals surface area (Å²) in [5.74, 6) is -0.343. The second-order valence-corrected chi connectivity index (χ2v) is 6.54. The third-order valence-electron chi connectivity index (χ3n) is 4.11. The van der Waals surface area contributed by atoms with Crippen LogP contribution in [0.1, 0.15) is 12.5 Å². The Morgan fingerprint density at radius 1 is 1.08 bits per heavy atom. The number of carbonyl (C=O) groups excluding carboxylic acids is 2. The van der Waals surface area contributed by atoms with Crippen molar-refractivity contribution >= 4 is 34.8 Å². The molecule has 0 unspecified atom stereocenters. The molecule has 2 rings (SSSR count). The topological polar surface area (TPSA) is 52.7 Å². The van der Waals surface area contributed by atoms with Crippen molar-refractivity contribution in [2.75, 3.05) is 36.9 Å². The van der Waals surface area contributed by atoms with Crippen LogP contribution in [0.3, 0.4) is 0 Å². The molecule has 2 aromatic carbocycles. The highest BCUT2D eigenvalue weighted by molar-refractivity contribution is 6.31. The van der Waals surface area contributed by atoms with Crippen molar-refractivity contribution in [2.24, 2.45) is 0 Å². The van der Waals surface area contributed by atoms with Gasteiger partial charge in [-0.1, -0.05) is 35.9 Å². The summed E-state index contributed by atoms with van der Waals surface area (Å²) in [7, 11) is 1.86. The van der Waals surface area contributed by atoms with Crippen LogP contribution in [-0.4, -0.2) is 43.4 Å². The number of amides is 2. The van der Waals surface area contributed by atoms with Crippen molar-refractivity contribution < 1.29 is 9.59 Å². The van der Waals surface area contributed by atoms with Gasteiger partial charge in [-0.2, -0.15) is 0 Å². The molecule has 5 nitrogen and oxygen atoms in total. The quantitative estimate of drug-likeness (QED) is 0.807. The second kappa shape index (κ2) is 9.25. The van der Waals surface area contributed by atoms with E-state index < -0.39 is 0 Å². The van der Waals surface area contributed by atoms with E-state index in [4.69, 9.17) is 11.6 Å². The van der Waals surface area contributed by atoms with Gasteiger partial charge in [0.2, 0.25) is 11.8 Å². The van der Waals surface area contributed by atoms with E-state index in [2.05, 4.69) is 5.32 Å². The molecular formula is C20H24ClN3O2. The van der Waals surface area contributed by atoms with Gasteiger partial charge in [0.05, 0.1) is 13.1 Å². The number of nitrogens with zero attached hydrogens (tertiary/aromatic N) is 2. The van der Waals surface area contributed by atoms with E-state index in [-0.39, 0.29) is 24.9 Å². The number of halogens is 1. The van der Waals surface area contributed by atoms with Crippen molar-refractivity contribution in [1.29, 1.82) is 0 Å². The first-order valence-electron chi connectivity index (χ1n) is 8.50. The maximum Gasteiger partial charge on any atom is 0.244 e. The molecule has 0 aliphatic heterocycles. The number of para-hydroxylation sites is 1. The summed E-state index contributed by atoms with van der Waals surface area (Å²) < 4.78 is 0. The number of aryl methyl sites for hydroxylation is 1. The van der Waals surface area contributed by atoms with Crippen LogP contribution in [0.25, 0.3) is 0 Å². The molecule has 0 atom stereocenters. The zero-order valence-electron chi connectivity index (χ0n) is 15.3. The number of anilines is 2. The fourth-order valence-electron chi connectivity index (χ4n) is 2.54. The SMILES string of the molecule is CCN(CC(=O)Nc1cc(Cl)ccc1C)C(=O)CN(C)c1ccccc1. The number of benzene rings is 2. The Kier molecular flexibility index (Phi) is 7.04. The summed E-state index contributed by atoms with van der Waals surface area (Å²) in [5.41, 5.74) is 2.53. The summed E-state index contributed by atoms with van der Waals surface area (Å²) in [6.07, 6.45) is 0. The Morgan fingerprint density at radius 3 is 2.42 bits per heavy atom. The number of hydrogen-bond acceptors (Lipinski definition) is 3. The highest BCUT2D eigenvalue weighted by atomic mass is 35.5. The number of nitrogens with one attached hydrogen (secondary N) is 1. The first-order valence-corrected chi connectivity index (χ1v) is 8.88. The van der Waals surface area contributed by atoms with Crippen molar-refractivity contribution in [1.82, 2.24) is 4.90 Å². The van der Waals surface area contributed by atoms with Gasteiger partial charge in [0.15, 0.2) is 0 Å². The first-order chi connectivity index (χ1) is 12.4. The Hall–Kier alpha value is -2.53. The van der Waals surface area contributed by atoms with Crippen LogP contribution < -0.4 is 10.2 Å². The molecular weight excluding hydrogens is 350 g/mol. The van der Waals surface area contributed by atoms with Gasteiger partial charge in [0.25, 0.3) is 0 Å². The van der Waals surface area contributed by atoms with Crippen LogP contribution in [0.15, 0.2) is 48.5 Å². The van der Waals surface area contributed by atoms with Crippen molar-refractivity contribution in [3.05, 3.63) is 59.1 Å². The monoisotopic (exact) mass is 373 g/mol. The first kappa shape index (κ1) is 19.8. The van der Waals surface area contributed by atoms with Gasteiger partial charge < -0.3 is 15.1 Å². The third-order valence-corrected chi connectivity index (χ3v) is 4.35. The van der Waals surface area contributed by atoms with Gasteiger partial charge in [0, 0.05) is 30.0 Å². The highest BCUT2D eigenvalue weighted by Crippen LogP contribution is 2.20. The molecule has 0 radical (unpaired) electrons. The lowest BCUT2D eigenvalue weighted by Crippen LogP contribution is -2.43. The molecule has 0 bridgehead atoms. The van der Waals surface area contributed by atoms with Gasteiger partial charge >= 0.3 is 0 Å². The standard InChI is InChI=1S/C20H24ClN3O2/c1-4-24(20(26)14-23(3)17-8-6-5-7-9-17)13-19(25)22-18-12-16(21)11-10-15(18)2/h5-12H,4,13-14H2,1-3H3,(H,22,25). The summed E-state index contributed by atoms with van der Waals surface area (Å²) >= 11 is 5.98. The smallest absolute Gasteiger partial charge is 0.244 e. The van der Waals surface area contributed by atoms with Crippen molar-refractivity contribution in [3.63, 3.8) is 0 Å². The molecule has 0 aromatic heterocycles. The molecule has 1 N–H and O–H groups in total. The minimum Gasteiger partial charge on any atom is -0.365 e. The maximum absolute atomic E-state index is 12.6. The van der Waals surface area contributed by atoms with E-state index >= 15 is 0 Å². The zero-order chi connectivity index (χ0) is 19.1. The van der Waals surface area contributed by atoms with E-state index in [1.807, 2.05) is 62.2 Å². The minimum absolute atomic E-state index is 0.00389. The van der Waals surface area contributed by atoms with Gasteiger partial charge in [-0.3, -0.25) is 9.59 Å². The van der Waals surface area contributed by atoms with Crippen LogP contribution in [-0.2, 0) is 9.59 Å². The number of hydrogen-bond donors (Lipinski definition) is 1. The number of rotatable bonds is 7. The van der Waals surface area contributed by atoms with Gasteiger partial charge in [-0.15, -0.1) is 0 Å². The van der Waals surface area contributed by atoms with Crippen LogP contribution in [0.4, 0.5) is 11.4 Å². The van der Waals surface area contributed by atoms with Gasteiger partial charge in [0.1, 0.15) is 0 Å². The predicted molar refractivity (Wildman–Crippen MR) is 107 cm³/mol. The van der Waals surface area contributed by atoms with E-state index in [0.717, 1.165) is 11.3 Å². The lowest BCUT2D eigenvalue weighted by atomic mass is 10.2. The second-order valence-electron chi connectivity index (χ2n) is 6.11. The average molecular weight is 374 g/mol. The molecule has 0 saturated carbocycles. The molecule has 26 heavy (non-hydrogen) atoms. The molecule has 0 heterocycles. The molecule has 0 spiro atoms. The summed E-state index contributed by atoms with van der Waals surface area (Å²) in [4.78, 5) is 28.3. The van der Waals surface area contributed by atoms with Crippen LogP contribution in [0, 0.1) is 6.92 Å². The van der Waals surface area contributed by atoms with Gasteiger partial charge in [-0.05, 0) is 43.7 Å². The number of likely N-dealkylation sites (N-methyl/N-ethyl adjacent to an activating group) is 2. The van der Waals surface area contributed by atoms with E-state index in [9.17, 15) is 9.59 Å². The van der Waals surface area contributed by atoms with E-state index in [0.29, 0.717) is 17.3 Å². The highest BCUT2D eigenvalue weighted by Gasteiger charge is 2.18. The summed E-state index contributed by atoms with van der Waals surface area (Å²) in [5, 5.41) is 3.38. The molecule has 6 heteroatoms.